The van der Waals surface area contributed by atoms with Crippen molar-refractivity contribution in [1.29, 1.82) is 0 Å². The van der Waals surface area contributed by atoms with Gasteiger partial charge >= 0.3 is 5.97 Å². The number of benzene rings is 1. The normalized spacial score (nSPS) is 14.0. The van der Waals surface area contributed by atoms with Crippen molar-refractivity contribution in [2.24, 2.45) is 0 Å². The van der Waals surface area contributed by atoms with Gasteiger partial charge in [0.25, 0.3) is 11.6 Å². The van der Waals surface area contributed by atoms with Crippen LogP contribution < -0.4 is 10.6 Å². The van der Waals surface area contributed by atoms with Crippen molar-refractivity contribution < 1.29 is 19.2 Å². The average Bonchev–Trinajstić information content (AvgIpc) is 3.09. The lowest BCUT2D eigenvalue weighted by molar-refractivity contribution is -0.384. The first-order valence-electron chi connectivity index (χ1n) is 8.72. The molecule has 0 unspecified atom stereocenters. The molecule has 0 spiro atoms. The second-order valence-electron chi connectivity index (χ2n) is 6.42. The van der Waals surface area contributed by atoms with E-state index >= 15 is 0 Å². The van der Waals surface area contributed by atoms with Crippen LogP contribution in [0.3, 0.4) is 0 Å². The van der Waals surface area contributed by atoms with Crippen LogP contribution in [0, 0.1) is 17.0 Å². The van der Waals surface area contributed by atoms with Crippen LogP contribution in [0.15, 0.2) is 18.2 Å². The molecule has 0 saturated carbocycles. The molecule has 1 amide bonds. The maximum atomic E-state index is 12.6. The topological polar surface area (TPSA) is 141 Å². The number of nitro groups is 1. The van der Waals surface area contributed by atoms with Crippen molar-refractivity contribution in [2.75, 3.05) is 25.5 Å². The number of nitrogens with one attached hydrogen (secondary N) is 2. The van der Waals surface area contributed by atoms with Gasteiger partial charge in [0.2, 0.25) is 0 Å². The largest absolute Gasteiger partial charge is 0.465 e. The second kappa shape index (κ2) is 9.43. The van der Waals surface area contributed by atoms with Crippen LogP contribution in [0.5, 0.6) is 0 Å². The number of hydrogen-bond donors (Lipinski definition) is 2. The molecule has 1 saturated heterocycles. The average molecular weight is 425 g/mol. The highest BCUT2D eigenvalue weighted by molar-refractivity contribution is 6.04. The molecule has 12 heteroatoms. The summed E-state index contributed by atoms with van der Waals surface area (Å²) >= 11 is 0. The standard InChI is InChI=1S/C17H20N6O5.ClH/c1-10-15(20-21-22(10)13-3-5-18-6-4-13)16(24)19-12-7-11(17(25)28-2)8-14(9-12)23(26)27;/h7-9,13,18H,3-6H2,1-2H3,(H,19,24);1H. The number of aromatic nitrogens is 3. The predicted octanol–water partition coefficient (Wildman–Crippen LogP) is 1.88. The predicted molar refractivity (Wildman–Crippen MR) is 106 cm³/mol. The van der Waals surface area contributed by atoms with Crippen LogP contribution in [-0.2, 0) is 4.74 Å². The summed E-state index contributed by atoms with van der Waals surface area (Å²) in [5, 5.41) is 25.0. The summed E-state index contributed by atoms with van der Waals surface area (Å²) in [6.07, 6.45) is 1.78. The van der Waals surface area contributed by atoms with Crippen LogP contribution >= 0.6 is 12.4 Å². The number of nitrogens with zero attached hydrogens (tertiary/aromatic N) is 4. The van der Waals surface area contributed by atoms with E-state index in [1.807, 2.05) is 0 Å². The molecular weight excluding hydrogens is 404 g/mol. The van der Waals surface area contributed by atoms with E-state index in [2.05, 4.69) is 25.7 Å². The number of piperidine rings is 1. The molecule has 0 aliphatic carbocycles. The minimum absolute atomic E-state index is 0. The van der Waals surface area contributed by atoms with Crippen molar-refractivity contribution in [3.05, 3.63) is 45.3 Å². The Morgan fingerprint density at radius 2 is 2.00 bits per heavy atom. The first-order chi connectivity index (χ1) is 13.4. The number of non-ortho nitro benzene ring substituents is 1. The fourth-order valence-electron chi connectivity index (χ4n) is 3.16. The Kier molecular flexibility index (Phi) is 7.23. The molecule has 1 aliphatic rings. The maximum Gasteiger partial charge on any atom is 0.338 e. The third-order valence-corrected chi connectivity index (χ3v) is 4.60. The van der Waals surface area contributed by atoms with Gasteiger partial charge in [-0.3, -0.25) is 14.9 Å². The first-order valence-corrected chi connectivity index (χ1v) is 8.72. The fourth-order valence-corrected chi connectivity index (χ4v) is 3.16. The number of hydrogen-bond acceptors (Lipinski definition) is 8. The summed E-state index contributed by atoms with van der Waals surface area (Å²) in [4.78, 5) is 34.8. The number of methoxy groups -OCH3 is 1. The van der Waals surface area contributed by atoms with Crippen LogP contribution in [0.2, 0.25) is 0 Å². The number of nitro benzene ring substituents is 1. The highest BCUT2D eigenvalue weighted by Crippen LogP contribution is 2.24. The monoisotopic (exact) mass is 424 g/mol. The summed E-state index contributed by atoms with van der Waals surface area (Å²) < 4.78 is 6.34. The van der Waals surface area contributed by atoms with Gasteiger partial charge in [0, 0.05) is 17.8 Å². The molecule has 2 N–H and O–H groups in total. The Hall–Kier alpha value is -3.05. The zero-order valence-electron chi connectivity index (χ0n) is 15.9. The highest BCUT2D eigenvalue weighted by Gasteiger charge is 2.24. The minimum Gasteiger partial charge on any atom is -0.465 e. The van der Waals surface area contributed by atoms with E-state index in [4.69, 9.17) is 0 Å². The summed E-state index contributed by atoms with van der Waals surface area (Å²) in [7, 11) is 1.17. The lowest BCUT2D eigenvalue weighted by Crippen LogP contribution is -2.30. The quantitative estimate of drug-likeness (QED) is 0.421. The van der Waals surface area contributed by atoms with Gasteiger partial charge in [0.05, 0.1) is 29.3 Å². The van der Waals surface area contributed by atoms with E-state index < -0.39 is 16.8 Å². The summed E-state index contributed by atoms with van der Waals surface area (Å²) in [5.41, 5.74) is 0.457. The third kappa shape index (κ3) is 4.87. The number of carbonyl (C=O) groups is 2. The van der Waals surface area contributed by atoms with Crippen molar-refractivity contribution in [1.82, 2.24) is 20.3 Å². The molecule has 11 nitrogen and oxygen atoms in total. The van der Waals surface area contributed by atoms with Gasteiger partial charge in [0.1, 0.15) is 0 Å². The van der Waals surface area contributed by atoms with Crippen molar-refractivity contribution in [3.8, 4) is 0 Å². The number of rotatable bonds is 5. The lowest BCUT2D eigenvalue weighted by Gasteiger charge is -2.23. The van der Waals surface area contributed by atoms with Gasteiger partial charge in [-0.2, -0.15) is 0 Å². The molecule has 1 aliphatic heterocycles. The van der Waals surface area contributed by atoms with Crippen LogP contribution in [0.25, 0.3) is 0 Å². The van der Waals surface area contributed by atoms with Crippen LogP contribution in [0.4, 0.5) is 11.4 Å². The smallest absolute Gasteiger partial charge is 0.338 e. The molecule has 3 rings (SSSR count). The molecule has 1 aromatic heterocycles. The Balaban J connectivity index is 0.00000300. The summed E-state index contributed by atoms with van der Waals surface area (Å²) in [6, 6.07) is 3.72. The van der Waals surface area contributed by atoms with Crippen molar-refractivity contribution in [2.45, 2.75) is 25.8 Å². The molecule has 0 bridgehead atoms. The number of halogens is 1. The number of anilines is 1. The zero-order valence-corrected chi connectivity index (χ0v) is 16.7. The van der Waals surface area contributed by atoms with Crippen molar-refractivity contribution >= 4 is 35.7 Å². The number of amides is 1. The Morgan fingerprint density at radius 3 is 2.62 bits per heavy atom. The summed E-state index contributed by atoms with van der Waals surface area (Å²) in [5.74, 6) is -1.30. The SMILES string of the molecule is COC(=O)c1cc(NC(=O)c2nnn(C3CCNCC3)c2C)cc([N+](=O)[O-])c1.Cl. The Bertz CT molecular complexity index is 925. The van der Waals surface area contributed by atoms with Gasteiger partial charge < -0.3 is 15.4 Å². The zero-order chi connectivity index (χ0) is 20.3. The van der Waals surface area contributed by atoms with Crippen LogP contribution in [0.1, 0.15) is 45.4 Å². The van der Waals surface area contributed by atoms with E-state index in [0.717, 1.165) is 38.1 Å². The summed E-state index contributed by atoms with van der Waals surface area (Å²) in [6.45, 7) is 3.50. The van der Waals surface area contributed by atoms with Gasteiger partial charge in [-0.15, -0.1) is 17.5 Å². The highest BCUT2D eigenvalue weighted by atomic mass is 35.5. The molecule has 2 heterocycles. The Labute approximate surface area is 172 Å². The number of esters is 1. The van der Waals surface area contributed by atoms with Gasteiger partial charge in [0.15, 0.2) is 5.69 Å². The number of ether oxygens (including phenoxy) is 1. The van der Waals surface area contributed by atoms with Crippen molar-refractivity contribution in [3.63, 3.8) is 0 Å². The van der Waals surface area contributed by atoms with Gasteiger partial charge in [-0.25, -0.2) is 9.48 Å². The van der Waals surface area contributed by atoms with E-state index in [1.54, 1.807) is 11.6 Å². The fraction of sp³-hybridized carbons (Fsp3) is 0.412. The maximum absolute atomic E-state index is 12.6. The molecule has 29 heavy (non-hydrogen) atoms. The minimum atomic E-state index is -0.743. The van der Waals surface area contributed by atoms with E-state index in [-0.39, 0.29) is 41.1 Å². The van der Waals surface area contributed by atoms with E-state index in [0.29, 0.717) is 5.69 Å². The first kappa shape index (κ1) is 22.2. The van der Waals surface area contributed by atoms with Gasteiger partial charge in [-0.1, -0.05) is 5.21 Å². The Morgan fingerprint density at radius 1 is 1.31 bits per heavy atom. The van der Waals surface area contributed by atoms with Gasteiger partial charge in [-0.05, 0) is 38.9 Å². The van der Waals surface area contributed by atoms with E-state index in [9.17, 15) is 19.7 Å². The molecule has 2 aromatic rings. The van der Waals surface area contributed by atoms with Crippen LogP contribution in [-0.4, -0.2) is 52.0 Å². The van der Waals surface area contributed by atoms with E-state index in [1.165, 1.54) is 13.2 Å². The number of carbonyl (C=O) groups excluding carboxylic acids is 2. The lowest BCUT2D eigenvalue weighted by atomic mass is 10.1. The molecule has 0 radical (unpaired) electrons. The molecule has 1 aromatic carbocycles. The molecule has 156 valence electrons. The molecular formula is C17H21ClN6O5. The molecule has 1 fully saturated rings. The third-order valence-electron chi connectivity index (χ3n) is 4.60. The molecule has 0 atom stereocenters. The second-order valence-corrected chi connectivity index (χ2v) is 6.42.